The molecule has 0 radical (unpaired) electrons. The number of carbonyl (C=O) groups excluding carboxylic acids is 2. The van der Waals surface area contributed by atoms with Crippen LogP contribution in [0.15, 0.2) is 59.2 Å². The Morgan fingerprint density at radius 3 is 2.74 bits per heavy atom. The van der Waals surface area contributed by atoms with E-state index < -0.39 is 5.97 Å². The van der Waals surface area contributed by atoms with Gasteiger partial charge in [0, 0.05) is 17.3 Å². The molecular weight excluding hydrogens is 432 g/mol. The van der Waals surface area contributed by atoms with Crippen molar-refractivity contribution in [2.24, 2.45) is 0 Å². The van der Waals surface area contributed by atoms with Gasteiger partial charge in [0.15, 0.2) is 10.9 Å². The molecule has 7 nitrogen and oxygen atoms in total. The Labute approximate surface area is 187 Å². The van der Waals surface area contributed by atoms with Gasteiger partial charge in [0.2, 0.25) is 5.91 Å². The van der Waals surface area contributed by atoms with Crippen LogP contribution in [0.1, 0.15) is 26.8 Å². The van der Waals surface area contributed by atoms with E-state index in [0.717, 1.165) is 16.4 Å². The van der Waals surface area contributed by atoms with Crippen molar-refractivity contribution >= 4 is 46.2 Å². The van der Waals surface area contributed by atoms with Gasteiger partial charge >= 0.3 is 5.97 Å². The number of hydrogen-bond acceptors (Lipinski definition) is 7. The zero-order valence-corrected chi connectivity index (χ0v) is 18.6. The smallest absolute Gasteiger partial charge is 0.359 e. The Morgan fingerprint density at radius 1 is 1.16 bits per heavy atom. The first-order chi connectivity index (χ1) is 15.0. The van der Waals surface area contributed by atoms with Crippen molar-refractivity contribution in [3.05, 3.63) is 76.0 Å². The van der Waals surface area contributed by atoms with Crippen LogP contribution in [0, 0.1) is 6.92 Å². The fourth-order valence-corrected chi connectivity index (χ4v) is 4.30. The van der Waals surface area contributed by atoms with Crippen molar-refractivity contribution in [2.45, 2.75) is 25.1 Å². The number of carbonyl (C=O) groups is 2. The highest BCUT2D eigenvalue weighted by atomic mass is 32.2. The molecule has 9 heteroatoms. The Morgan fingerprint density at radius 2 is 1.97 bits per heavy atom. The van der Waals surface area contributed by atoms with Gasteiger partial charge in [-0.25, -0.2) is 14.8 Å². The Bertz CT molecular complexity index is 1230. The molecule has 0 atom stereocenters. The number of anilines is 1. The molecule has 0 fully saturated rings. The standard InChI is InChI=1S/C22H20N4O3S2/c1-14-6-8-15(9-7-14)23-18(27)11-19-24-16(13-31-19)12-29-21(28)20-17-5-3-4-10-26(17)22(25-20)30-2/h3-10,13H,11-12H2,1-2H3,(H,23,27). The fraction of sp³-hybridized carbons (Fsp3) is 0.182. The number of thiazole rings is 1. The van der Waals surface area contributed by atoms with Crippen molar-refractivity contribution in [3.63, 3.8) is 0 Å². The largest absolute Gasteiger partial charge is 0.454 e. The summed E-state index contributed by atoms with van der Waals surface area (Å²) in [6.45, 7) is 2.02. The van der Waals surface area contributed by atoms with Crippen molar-refractivity contribution in [3.8, 4) is 0 Å². The lowest BCUT2D eigenvalue weighted by atomic mass is 10.2. The number of nitrogens with zero attached hydrogens (tertiary/aromatic N) is 3. The molecule has 0 saturated carbocycles. The summed E-state index contributed by atoms with van der Waals surface area (Å²) < 4.78 is 7.28. The third-order valence-electron chi connectivity index (χ3n) is 4.49. The van der Waals surface area contributed by atoms with Gasteiger partial charge in [-0.15, -0.1) is 11.3 Å². The van der Waals surface area contributed by atoms with Crippen LogP contribution in [0.2, 0.25) is 0 Å². The quantitative estimate of drug-likeness (QED) is 0.331. The van der Waals surface area contributed by atoms with E-state index in [1.807, 2.05) is 66.2 Å². The van der Waals surface area contributed by atoms with Gasteiger partial charge in [0.1, 0.15) is 11.6 Å². The van der Waals surface area contributed by atoms with Gasteiger partial charge in [-0.2, -0.15) is 0 Å². The molecule has 3 aromatic heterocycles. The molecule has 0 aliphatic heterocycles. The van der Waals surface area contributed by atoms with Crippen LogP contribution in [0.4, 0.5) is 5.69 Å². The summed E-state index contributed by atoms with van der Waals surface area (Å²) in [6, 6.07) is 13.2. The fourth-order valence-electron chi connectivity index (χ4n) is 2.99. The third-order valence-corrected chi connectivity index (χ3v) is 6.04. The number of amides is 1. The number of ether oxygens (including phenoxy) is 1. The molecule has 3 heterocycles. The Balaban J connectivity index is 1.35. The van der Waals surface area contributed by atoms with Gasteiger partial charge in [0.05, 0.1) is 17.6 Å². The highest BCUT2D eigenvalue weighted by Crippen LogP contribution is 2.21. The Kier molecular flexibility index (Phi) is 6.34. The summed E-state index contributed by atoms with van der Waals surface area (Å²) in [7, 11) is 0. The highest BCUT2D eigenvalue weighted by molar-refractivity contribution is 7.98. The second-order valence-corrected chi connectivity index (χ2v) is 8.52. The monoisotopic (exact) mass is 452 g/mol. The lowest BCUT2D eigenvalue weighted by Gasteiger charge is -2.04. The van der Waals surface area contributed by atoms with Crippen LogP contribution < -0.4 is 5.32 Å². The van der Waals surface area contributed by atoms with E-state index in [1.165, 1.54) is 23.1 Å². The molecule has 4 rings (SSSR count). The summed E-state index contributed by atoms with van der Waals surface area (Å²) in [5.41, 5.74) is 3.45. The van der Waals surface area contributed by atoms with E-state index in [1.54, 1.807) is 5.38 Å². The molecule has 0 unspecified atom stereocenters. The predicted molar refractivity (Wildman–Crippen MR) is 122 cm³/mol. The molecule has 158 valence electrons. The number of pyridine rings is 1. The summed E-state index contributed by atoms with van der Waals surface area (Å²) in [5.74, 6) is -0.647. The van der Waals surface area contributed by atoms with E-state index in [0.29, 0.717) is 16.2 Å². The molecule has 1 N–H and O–H groups in total. The number of esters is 1. The summed E-state index contributed by atoms with van der Waals surface area (Å²) >= 11 is 2.82. The first-order valence-corrected chi connectivity index (χ1v) is 11.6. The van der Waals surface area contributed by atoms with Gasteiger partial charge in [0.25, 0.3) is 0 Å². The number of hydrogen-bond donors (Lipinski definition) is 1. The van der Waals surface area contributed by atoms with Crippen molar-refractivity contribution in [1.29, 1.82) is 0 Å². The SMILES string of the molecule is CSc1nc(C(=O)OCc2csc(CC(=O)Nc3ccc(C)cc3)n2)c2ccccn12. The molecule has 0 spiro atoms. The maximum atomic E-state index is 12.6. The Hall–Kier alpha value is -3.17. The van der Waals surface area contributed by atoms with Crippen LogP contribution in [-0.4, -0.2) is 32.5 Å². The maximum absolute atomic E-state index is 12.6. The van der Waals surface area contributed by atoms with Gasteiger partial charge in [-0.05, 0) is 37.4 Å². The number of aryl methyl sites for hydroxylation is 1. The topological polar surface area (TPSA) is 85.6 Å². The zero-order chi connectivity index (χ0) is 21.8. The first-order valence-electron chi connectivity index (χ1n) is 9.51. The van der Waals surface area contributed by atoms with E-state index in [9.17, 15) is 9.59 Å². The minimum absolute atomic E-state index is 0.0232. The predicted octanol–water partition coefficient (Wildman–Crippen LogP) is 4.36. The normalized spacial score (nSPS) is 10.9. The van der Waals surface area contributed by atoms with Crippen molar-refractivity contribution < 1.29 is 14.3 Å². The molecular formula is C22H20N4O3S2. The lowest BCUT2D eigenvalue weighted by molar-refractivity contribution is -0.115. The average Bonchev–Trinajstić information content (AvgIpc) is 3.38. The van der Waals surface area contributed by atoms with Gasteiger partial charge < -0.3 is 10.1 Å². The highest BCUT2D eigenvalue weighted by Gasteiger charge is 2.19. The number of imidazole rings is 1. The molecule has 1 aromatic carbocycles. The van der Waals surface area contributed by atoms with E-state index >= 15 is 0 Å². The average molecular weight is 453 g/mol. The molecule has 0 bridgehead atoms. The maximum Gasteiger partial charge on any atom is 0.359 e. The van der Waals surface area contributed by atoms with Crippen LogP contribution in [0.5, 0.6) is 0 Å². The van der Waals surface area contributed by atoms with E-state index in [4.69, 9.17) is 4.74 Å². The number of fused-ring (bicyclic) bond motifs is 1. The first kappa shape index (κ1) is 21.1. The van der Waals surface area contributed by atoms with Gasteiger partial charge in [-0.1, -0.05) is 35.5 Å². The molecule has 1 amide bonds. The second kappa shape index (κ2) is 9.32. The number of benzene rings is 1. The minimum Gasteiger partial charge on any atom is -0.454 e. The molecule has 31 heavy (non-hydrogen) atoms. The third kappa shape index (κ3) is 4.95. The van der Waals surface area contributed by atoms with Crippen LogP contribution in [-0.2, 0) is 22.6 Å². The molecule has 0 aliphatic rings. The number of nitrogens with one attached hydrogen (secondary N) is 1. The number of thioether (sulfide) groups is 1. The summed E-state index contributed by atoms with van der Waals surface area (Å²) in [4.78, 5) is 33.6. The van der Waals surface area contributed by atoms with Crippen LogP contribution >= 0.6 is 23.1 Å². The minimum atomic E-state index is -0.504. The van der Waals surface area contributed by atoms with Crippen molar-refractivity contribution in [2.75, 3.05) is 11.6 Å². The molecule has 0 aliphatic carbocycles. The lowest BCUT2D eigenvalue weighted by Crippen LogP contribution is -2.14. The number of rotatable bonds is 7. The summed E-state index contributed by atoms with van der Waals surface area (Å²) in [5, 5.41) is 6.03. The second-order valence-electron chi connectivity index (χ2n) is 6.80. The molecule has 4 aromatic rings. The van der Waals surface area contributed by atoms with Gasteiger partial charge in [-0.3, -0.25) is 9.20 Å². The number of aromatic nitrogens is 3. The molecule has 0 saturated heterocycles. The van der Waals surface area contributed by atoms with Crippen molar-refractivity contribution in [1.82, 2.24) is 14.4 Å². The summed E-state index contributed by atoms with van der Waals surface area (Å²) in [6.07, 6.45) is 3.93. The zero-order valence-electron chi connectivity index (χ0n) is 17.0. The van der Waals surface area contributed by atoms with E-state index in [2.05, 4.69) is 15.3 Å². The van der Waals surface area contributed by atoms with E-state index in [-0.39, 0.29) is 24.6 Å². The van der Waals surface area contributed by atoms with Crippen LogP contribution in [0.3, 0.4) is 0 Å². The van der Waals surface area contributed by atoms with Crippen LogP contribution in [0.25, 0.3) is 5.52 Å².